The van der Waals surface area contributed by atoms with Crippen molar-refractivity contribution in [1.82, 2.24) is 0 Å². The molecule has 168 valence electrons. The van der Waals surface area contributed by atoms with Gasteiger partial charge in [-0.2, -0.15) is 0 Å². The summed E-state index contributed by atoms with van der Waals surface area (Å²) in [5, 5.41) is 0. The van der Waals surface area contributed by atoms with Crippen LogP contribution < -0.4 is 15.8 Å². The molecule has 0 fully saturated rings. The summed E-state index contributed by atoms with van der Waals surface area (Å²) in [6, 6.07) is 33.6. The molecule has 0 atom stereocenters. The first-order valence-electron chi connectivity index (χ1n) is 9.92. The van der Waals surface area contributed by atoms with Crippen LogP contribution in [0.3, 0.4) is 0 Å². The van der Waals surface area contributed by atoms with Crippen LogP contribution >= 0.6 is 0 Å². The van der Waals surface area contributed by atoms with E-state index < -0.39 is 13.3 Å². The number of nitrogens with one attached hydrogen (secondary N) is 1. The number of nitrogens with zero attached hydrogens (tertiary/aromatic N) is 1. The zero-order valence-corrected chi connectivity index (χ0v) is 17.3. The smallest absolute Gasteiger partial charge is 0.418 e. The van der Waals surface area contributed by atoms with Crippen molar-refractivity contribution < 1.29 is 26.7 Å². The van der Waals surface area contributed by atoms with Crippen LogP contribution in [0, 0.1) is 0 Å². The van der Waals surface area contributed by atoms with Crippen molar-refractivity contribution >= 4 is 13.3 Å². The van der Waals surface area contributed by atoms with Crippen molar-refractivity contribution in [3.63, 3.8) is 0 Å². The third kappa shape index (κ3) is 6.93. The van der Waals surface area contributed by atoms with E-state index in [0.29, 0.717) is 0 Å². The van der Waals surface area contributed by atoms with E-state index in [1.54, 1.807) is 4.68 Å². The van der Waals surface area contributed by atoms with E-state index in [4.69, 9.17) is 5.73 Å². The number of hydrogen-bond acceptors (Lipinski definition) is 1. The molecule has 0 aliphatic carbocycles. The van der Waals surface area contributed by atoms with Crippen LogP contribution in [0.1, 0.15) is 0 Å². The Labute approximate surface area is 188 Å². The second kappa shape index (κ2) is 10.5. The van der Waals surface area contributed by atoms with Crippen LogP contribution in [0.25, 0.3) is 33.6 Å². The summed E-state index contributed by atoms with van der Waals surface area (Å²) in [5.41, 5.74) is 14.1. The lowest BCUT2D eigenvalue weighted by Gasteiger charge is -2.11. The molecule has 0 aliphatic heterocycles. The highest BCUT2D eigenvalue weighted by Gasteiger charge is 2.24. The molecule has 0 aliphatic rings. The molecule has 4 rings (SSSR count). The van der Waals surface area contributed by atoms with Crippen LogP contribution in [0.5, 0.6) is 0 Å². The highest BCUT2D eigenvalue weighted by molar-refractivity contribution is 6.50. The fourth-order valence-corrected chi connectivity index (χ4v) is 3.27. The molecule has 33 heavy (non-hydrogen) atoms. The van der Waals surface area contributed by atoms with Gasteiger partial charge in [-0.05, 0) is 35.4 Å². The Kier molecular flexibility index (Phi) is 7.45. The van der Waals surface area contributed by atoms with Crippen molar-refractivity contribution in [2.75, 3.05) is 5.43 Å². The molecule has 0 radical (unpaired) electrons. The first-order valence-corrected chi connectivity index (χ1v) is 9.92. The van der Waals surface area contributed by atoms with E-state index in [0.717, 1.165) is 33.6 Å². The number of amides is 2. The van der Waals surface area contributed by atoms with Crippen LogP contribution in [-0.4, -0.2) is 13.3 Å². The minimum atomic E-state index is -6.00. The number of hydrogen-bond donors (Lipinski definition) is 2. The SMILES string of the molecule is F[B-](F)(F)F.NC(=O)N[n+]1c(-c2ccccc2)cc(-c2ccccc2)cc1-c1ccccc1. The molecule has 1 aromatic heterocycles. The number of carbonyl (C=O) groups excluding carboxylic acids is 1. The van der Waals surface area contributed by atoms with Gasteiger partial charge in [0, 0.05) is 23.3 Å². The van der Waals surface area contributed by atoms with Gasteiger partial charge in [0.05, 0.1) is 0 Å². The largest absolute Gasteiger partial charge is 0.673 e. The Morgan fingerprint density at radius 2 is 0.970 bits per heavy atom. The highest BCUT2D eigenvalue weighted by Crippen LogP contribution is 2.28. The molecule has 0 saturated carbocycles. The van der Waals surface area contributed by atoms with Gasteiger partial charge in [0.1, 0.15) is 0 Å². The van der Waals surface area contributed by atoms with Gasteiger partial charge in [-0.1, -0.05) is 71.4 Å². The van der Waals surface area contributed by atoms with Gasteiger partial charge < -0.3 is 23.0 Å². The molecule has 0 bridgehead atoms. The van der Waals surface area contributed by atoms with Crippen molar-refractivity contribution in [3.05, 3.63) is 103 Å². The second-order valence-electron chi connectivity index (χ2n) is 6.92. The molecule has 4 aromatic rings. The maximum absolute atomic E-state index is 11.8. The fraction of sp³-hybridized carbons (Fsp3) is 0. The third-order valence-electron chi connectivity index (χ3n) is 4.53. The van der Waals surface area contributed by atoms with Crippen LogP contribution in [-0.2, 0) is 0 Å². The van der Waals surface area contributed by atoms with E-state index in [1.165, 1.54) is 0 Å². The van der Waals surface area contributed by atoms with Crippen molar-refractivity contribution in [1.29, 1.82) is 0 Å². The fourth-order valence-electron chi connectivity index (χ4n) is 3.27. The lowest BCUT2D eigenvalue weighted by molar-refractivity contribution is -0.618. The van der Waals surface area contributed by atoms with Gasteiger partial charge in [-0.15, -0.1) is 5.43 Å². The van der Waals surface area contributed by atoms with E-state index in [9.17, 15) is 22.1 Å². The van der Waals surface area contributed by atoms with E-state index in [1.807, 2.05) is 78.9 Å². The molecule has 3 N–H and O–H groups in total. The predicted molar refractivity (Wildman–Crippen MR) is 122 cm³/mol. The summed E-state index contributed by atoms with van der Waals surface area (Å²) in [4.78, 5) is 11.8. The van der Waals surface area contributed by atoms with Gasteiger partial charge in [-0.25, -0.2) is 4.79 Å². The Morgan fingerprint density at radius 3 is 1.30 bits per heavy atom. The third-order valence-corrected chi connectivity index (χ3v) is 4.53. The quantitative estimate of drug-likeness (QED) is 0.226. The molecule has 2 amide bonds. The molecular weight excluding hydrogens is 433 g/mol. The van der Waals surface area contributed by atoms with Crippen molar-refractivity contribution in [2.24, 2.45) is 5.73 Å². The maximum atomic E-state index is 11.8. The summed E-state index contributed by atoms with van der Waals surface area (Å²) >= 11 is 0. The lowest BCUT2D eigenvalue weighted by Crippen LogP contribution is -2.53. The number of benzene rings is 3. The molecule has 1 heterocycles. The first-order chi connectivity index (χ1) is 15.7. The molecule has 3 aromatic carbocycles. The van der Waals surface area contributed by atoms with E-state index in [2.05, 4.69) is 29.7 Å². The number of aromatic nitrogens is 1. The van der Waals surface area contributed by atoms with Gasteiger partial charge in [0.15, 0.2) is 0 Å². The first kappa shape index (κ1) is 23.5. The van der Waals surface area contributed by atoms with Crippen LogP contribution in [0.15, 0.2) is 103 Å². The minimum Gasteiger partial charge on any atom is -0.418 e. The predicted octanol–water partition coefficient (Wildman–Crippen LogP) is 5.90. The van der Waals surface area contributed by atoms with E-state index >= 15 is 0 Å². The standard InChI is InChI=1S/C24H19N3O.BF4/c25-24(28)26-27-22(19-12-6-2-7-13-19)16-21(18-10-4-1-5-11-18)17-23(27)20-14-8-3-9-15-20;2-1(3,4)5/h1-17H,(H2-,25,26,28);/q;-1/p+1. The van der Waals surface area contributed by atoms with Crippen molar-refractivity contribution in [3.8, 4) is 33.6 Å². The zero-order valence-electron chi connectivity index (χ0n) is 17.3. The molecular formula is C24H20BF4N3O. The summed E-state index contributed by atoms with van der Waals surface area (Å²) < 4.78 is 40.7. The minimum absolute atomic E-state index is 0.619. The van der Waals surface area contributed by atoms with Gasteiger partial charge >= 0.3 is 13.3 Å². The number of pyridine rings is 1. The Balaban J connectivity index is 0.000000555. The Morgan fingerprint density at radius 1 is 0.636 bits per heavy atom. The van der Waals surface area contributed by atoms with Crippen LogP contribution in [0.4, 0.5) is 22.1 Å². The highest BCUT2D eigenvalue weighted by atomic mass is 19.5. The number of nitrogens with two attached hydrogens (primary N) is 1. The summed E-state index contributed by atoms with van der Waals surface area (Å²) in [7, 11) is -6.00. The van der Waals surface area contributed by atoms with Gasteiger partial charge in [0.25, 0.3) is 0 Å². The topological polar surface area (TPSA) is 59.0 Å². The molecule has 0 saturated heterocycles. The van der Waals surface area contributed by atoms with Crippen LogP contribution in [0.2, 0.25) is 0 Å². The van der Waals surface area contributed by atoms with Gasteiger partial charge in [0.2, 0.25) is 11.4 Å². The zero-order chi connectivity index (χ0) is 23.8. The molecule has 0 unspecified atom stereocenters. The molecule has 0 spiro atoms. The Hall–Kier alpha value is -4.14. The van der Waals surface area contributed by atoms with E-state index in [-0.39, 0.29) is 0 Å². The Bertz CT molecular complexity index is 1140. The lowest BCUT2D eigenvalue weighted by atomic mass is 10.00. The molecule has 4 nitrogen and oxygen atoms in total. The average Bonchev–Trinajstić information content (AvgIpc) is 2.79. The van der Waals surface area contributed by atoms with Crippen molar-refractivity contribution in [2.45, 2.75) is 0 Å². The summed E-state index contributed by atoms with van der Waals surface area (Å²) in [6.45, 7) is 0. The summed E-state index contributed by atoms with van der Waals surface area (Å²) in [5.74, 6) is 0. The number of primary amides is 1. The number of urea groups is 1. The summed E-state index contributed by atoms with van der Waals surface area (Å²) in [6.07, 6.45) is 0. The number of halogens is 4. The number of carbonyl (C=O) groups is 1. The second-order valence-corrected chi connectivity index (χ2v) is 6.92. The number of rotatable bonds is 4. The average molecular weight is 453 g/mol. The van der Waals surface area contributed by atoms with Gasteiger partial charge in [-0.3, -0.25) is 0 Å². The normalized spacial score (nSPS) is 10.7. The monoisotopic (exact) mass is 453 g/mol. The molecule has 9 heteroatoms. The maximum Gasteiger partial charge on any atom is 0.673 e.